The van der Waals surface area contributed by atoms with Crippen molar-refractivity contribution in [2.45, 2.75) is 31.5 Å². The first kappa shape index (κ1) is 6.78. The van der Waals surface area contributed by atoms with Gasteiger partial charge >= 0.3 is 0 Å². The van der Waals surface area contributed by atoms with Crippen LogP contribution in [-0.4, -0.2) is 23.8 Å². The molecule has 0 aromatic rings. The van der Waals surface area contributed by atoms with Crippen LogP contribution in [0.1, 0.15) is 19.3 Å². The summed E-state index contributed by atoms with van der Waals surface area (Å²) in [4.78, 5) is 22.7. The van der Waals surface area contributed by atoms with Gasteiger partial charge in [0.15, 0.2) is 0 Å². The SMILES string of the molecule is O=C1CC(=O)[C@H]2[C@@H]1[C@@H]1CC[C@H]2O1. The van der Waals surface area contributed by atoms with Crippen molar-refractivity contribution in [1.82, 2.24) is 0 Å². The maximum absolute atomic E-state index is 11.4. The van der Waals surface area contributed by atoms with Crippen LogP contribution in [0.15, 0.2) is 0 Å². The molecule has 12 heavy (non-hydrogen) atoms. The minimum Gasteiger partial charge on any atom is -0.373 e. The van der Waals surface area contributed by atoms with E-state index in [4.69, 9.17) is 4.74 Å². The van der Waals surface area contributed by atoms with Gasteiger partial charge in [-0.25, -0.2) is 0 Å². The topological polar surface area (TPSA) is 43.4 Å². The lowest BCUT2D eigenvalue weighted by Gasteiger charge is -2.17. The maximum Gasteiger partial charge on any atom is 0.146 e. The summed E-state index contributed by atoms with van der Waals surface area (Å²) >= 11 is 0. The van der Waals surface area contributed by atoms with Gasteiger partial charge in [0.2, 0.25) is 0 Å². The second kappa shape index (κ2) is 1.96. The Hall–Kier alpha value is -0.700. The predicted molar refractivity (Wildman–Crippen MR) is 39.5 cm³/mol. The number of fused-ring (bicyclic) bond motifs is 5. The highest BCUT2D eigenvalue weighted by Crippen LogP contribution is 2.48. The zero-order valence-corrected chi connectivity index (χ0v) is 6.66. The predicted octanol–water partition coefficient (Wildman–Crippen LogP) is 0.322. The number of carbonyl (C=O) groups excluding carboxylic acids is 2. The third kappa shape index (κ3) is 0.614. The second-order valence-electron chi connectivity index (χ2n) is 3.95. The lowest BCUT2D eigenvalue weighted by atomic mass is 9.81. The molecule has 2 heterocycles. The van der Waals surface area contributed by atoms with E-state index in [0.717, 1.165) is 12.8 Å². The van der Waals surface area contributed by atoms with Crippen LogP contribution >= 0.6 is 0 Å². The minimum absolute atomic E-state index is 0.0590. The number of ether oxygens (including phenoxy) is 1. The van der Waals surface area contributed by atoms with Crippen molar-refractivity contribution >= 4 is 11.6 Å². The standard InChI is InChI=1S/C9H10O3/c10-4-3-5(11)9-7-2-1-6(12-7)8(4)9/h6-9H,1-3H2/t6-,7+,8-,9+. The third-order valence-corrected chi connectivity index (χ3v) is 3.37. The smallest absolute Gasteiger partial charge is 0.146 e. The summed E-state index contributed by atoms with van der Waals surface area (Å²) in [6.07, 6.45) is 2.29. The molecule has 0 amide bonds. The van der Waals surface area contributed by atoms with Crippen LogP contribution in [0, 0.1) is 11.8 Å². The molecular formula is C9H10O3. The van der Waals surface area contributed by atoms with Gasteiger partial charge in [-0.3, -0.25) is 9.59 Å². The summed E-state index contributed by atoms with van der Waals surface area (Å²) in [5.74, 6) is 0.127. The van der Waals surface area contributed by atoms with E-state index in [9.17, 15) is 9.59 Å². The number of hydrogen-bond donors (Lipinski definition) is 0. The van der Waals surface area contributed by atoms with E-state index < -0.39 is 0 Å². The van der Waals surface area contributed by atoms with E-state index in [1.165, 1.54) is 0 Å². The molecule has 0 aromatic heterocycles. The molecule has 2 saturated heterocycles. The fraction of sp³-hybridized carbons (Fsp3) is 0.778. The third-order valence-electron chi connectivity index (χ3n) is 3.37. The van der Waals surface area contributed by atoms with Gasteiger partial charge in [-0.15, -0.1) is 0 Å². The molecule has 0 aromatic carbocycles. The normalized spacial score (nSPS) is 50.3. The zero-order valence-electron chi connectivity index (χ0n) is 6.66. The summed E-state index contributed by atoms with van der Waals surface area (Å²) in [7, 11) is 0. The Morgan fingerprint density at radius 2 is 1.50 bits per heavy atom. The molecule has 3 heteroatoms. The van der Waals surface area contributed by atoms with E-state index in [1.807, 2.05) is 0 Å². The number of Topliss-reactive ketones (excluding diaryl/α,β-unsaturated/α-hetero) is 2. The van der Waals surface area contributed by atoms with Crippen molar-refractivity contribution in [3.05, 3.63) is 0 Å². The first-order chi connectivity index (χ1) is 5.77. The molecule has 1 saturated carbocycles. The van der Waals surface area contributed by atoms with Gasteiger partial charge < -0.3 is 4.74 Å². The van der Waals surface area contributed by atoms with Crippen LogP contribution in [-0.2, 0) is 14.3 Å². The highest BCUT2D eigenvalue weighted by Gasteiger charge is 2.58. The van der Waals surface area contributed by atoms with Crippen LogP contribution in [0.5, 0.6) is 0 Å². The molecule has 4 atom stereocenters. The Morgan fingerprint density at radius 1 is 1.00 bits per heavy atom. The van der Waals surface area contributed by atoms with E-state index in [2.05, 4.69) is 0 Å². The van der Waals surface area contributed by atoms with Crippen molar-refractivity contribution in [3.8, 4) is 0 Å². The molecule has 1 aliphatic carbocycles. The molecule has 2 bridgehead atoms. The molecule has 0 spiro atoms. The van der Waals surface area contributed by atoms with Crippen molar-refractivity contribution in [1.29, 1.82) is 0 Å². The van der Waals surface area contributed by atoms with Gasteiger partial charge in [0.25, 0.3) is 0 Å². The van der Waals surface area contributed by atoms with Gasteiger partial charge in [0.1, 0.15) is 11.6 Å². The number of hydrogen-bond acceptors (Lipinski definition) is 3. The van der Waals surface area contributed by atoms with Crippen LogP contribution in [0.25, 0.3) is 0 Å². The highest BCUT2D eigenvalue weighted by molar-refractivity contribution is 6.09. The van der Waals surface area contributed by atoms with Crippen LogP contribution in [0.3, 0.4) is 0 Å². The van der Waals surface area contributed by atoms with E-state index >= 15 is 0 Å². The number of carbonyl (C=O) groups is 2. The van der Waals surface area contributed by atoms with Crippen molar-refractivity contribution in [3.63, 3.8) is 0 Å². The highest BCUT2D eigenvalue weighted by atomic mass is 16.5. The first-order valence-corrected chi connectivity index (χ1v) is 4.48. The van der Waals surface area contributed by atoms with Gasteiger partial charge in [-0.2, -0.15) is 0 Å². The minimum atomic E-state index is -0.0590. The fourth-order valence-corrected chi connectivity index (χ4v) is 2.90. The summed E-state index contributed by atoms with van der Waals surface area (Å²) in [5, 5.41) is 0. The average molecular weight is 166 g/mol. The molecule has 2 aliphatic heterocycles. The van der Waals surface area contributed by atoms with Crippen LogP contribution in [0.2, 0.25) is 0 Å². The molecular weight excluding hydrogens is 156 g/mol. The van der Waals surface area contributed by atoms with Crippen molar-refractivity contribution < 1.29 is 14.3 Å². The Kier molecular flexibility index (Phi) is 1.11. The van der Waals surface area contributed by atoms with Gasteiger partial charge in [0, 0.05) is 0 Å². The van der Waals surface area contributed by atoms with Gasteiger partial charge in [-0.05, 0) is 12.8 Å². The molecule has 0 radical (unpaired) electrons. The lowest BCUT2D eigenvalue weighted by molar-refractivity contribution is -0.125. The summed E-state index contributed by atoms with van der Waals surface area (Å²) in [6, 6.07) is 0. The Labute approximate surface area is 70.1 Å². The summed E-state index contributed by atoms with van der Waals surface area (Å²) in [6.45, 7) is 0. The van der Waals surface area contributed by atoms with Crippen LogP contribution in [0.4, 0.5) is 0 Å². The molecule has 3 nitrogen and oxygen atoms in total. The Balaban J connectivity index is 2.03. The largest absolute Gasteiger partial charge is 0.373 e. The Bertz CT molecular complexity index is 245. The van der Waals surface area contributed by atoms with Crippen LogP contribution < -0.4 is 0 Å². The van der Waals surface area contributed by atoms with Gasteiger partial charge in [0.05, 0.1) is 30.5 Å². The fourth-order valence-electron chi connectivity index (χ4n) is 2.90. The molecule has 3 rings (SSSR count). The Morgan fingerprint density at radius 3 is 2.00 bits per heavy atom. The molecule has 3 aliphatic rings. The monoisotopic (exact) mass is 166 g/mol. The molecule has 3 fully saturated rings. The average Bonchev–Trinajstić information content (AvgIpc) is 2.64. The summed E-state index contributed by atoms with van der Waals surface area (Å²) in [5.41, 5.74) is 0. The lowest BCUT2D eigenvalue weighted by Crippen LogP contribution is -2.29. The maximum atomic E-state index is 11.4. The molecule has 0 unspecified atom stereocenters. The number of rotatable bonds is 0. The van der Waals surface area contributed by atoms with Crippen molar-refractivity contribution in [2.24, 2.45) is 11.8 Å². The van der Waals surface area contributed by atoms with Gasteiger partial charge in [-0.1, -0.05) is 0 Å². The molecule has 0 N–H and O–H groups in total. The second-order valence-corrected chi connectivity index (χ2v) is 3.95. The van der Waals surface area contributed by atoms with Crippen molar-refractivity contribution in [2.75, 3.05) is 0 Å². The first-order valence-electron chi connectivity index (χ1n) is 4.48. The molecule has 64 valence electrons. The van der Waals surface area contributed by atoms with E-state index in [-0.39, 0.29) is 42.0 Å². The van der Waals surface area contributed by atoms with E-state index in [0.29, 0.717) is 0 Å². The quantitative estimate of drug-likeness (QED) is 0.487. The summed E-state index contributed by atoms with van der Waals surface area (Å²) < 4.78 is 5.54. The number of ketones is 2. The zero-order chi connectivity index (χ0) is 8.29. The van der Waals surface area contributed by atoms with E-state index in [1.54, 1.807) is 0 Å².